The van der Waals surface area contributed by atoms with Crippen molar-refractivity contribution in [2.45, 2.75) is 161 Å². The average molecular weight is 1370 g/mol. The quantitative estimate of drug-likeness (QED) is 0.0720. The third kappa shape index (κ3) is 12.9. The summed E-state index contributed by atoms with van der Waals surface area (Å²) >= 11 is 13.9. The van der Waals surface area contributed by atoms with Crippen LogP contribution < -0.4 is 0 Å². The van der Waals surface area contributed by atoms with Crippen molar-refractivity contribution < 1.29 is 29.7 Å². The molecular weight excluding hydrogens is 1290 g/mol. The number of carbonyl (C=O) groups excluding carboxylic acids is 3. The highest BCUT2D eigenvalue weighted by Gasteiger charge is 2.49. The zero-order chi connectivity index (χ0) is 65.7. The monoisotopic (exact) mass is 1370 g/mol. The Labute approximate surface area is 563 Å². The number of rotatable bonds is 17. The minimum absolute atomic E-state index is 0.0217. The molecule has 5 aromatic heterocycles. The zero-order valence-electron chi connectivity index (χ0n) is 53.0. The smallest absolute Gasteiger partial charge is 0.180 e. The predicted octanol–water partition coefficient (Wildman–Crippen LogP) is 12.0. The minimum atomic E-state index is -0.347. The van der Waals surface area contributed by atoms with E-state index in [4.69, 9.17) is 16.9 Å². The molecule has 17 nitrogen and oxygen atoms in total. The summed E-state index contributed by atoms with van der Waals surface area (Å²) in [5, 5.41) is 64.0. The number of aliphatic hydroxyl groups is 3. The molecule has 6 aliphatic rings. The Balaban J connectivity index is 0.000000135. The van der Waals surface area contributed by atoms with Gasteiger partial charge in [0.15, 0.2) is 17.3 Å². The lowest BCUT2D eigenvalue weighted by Crippen LogP contribution is -2.36. The fourth-order valence-electron chi connectivity index (χ4n) is 16.0. The summed E-state index contributed by atoms with van der Waals surface area (Å²) in [6, 6.07) is 32.1. The Hall–Kier alpha value is -7.23. The number of aliphatic hydroxyl groups excluding tert-OH is 3. The molecule has 14 rings (SSSR count). The van der Waals surface area contributed by atoms with Gasteiger partial charge in [-0.1, -0.05) is 11.6 Å². The number of hydrogen-bond donors (Lipinski definition) is 3. The molecule has 8 aromatic rings. The summed E-state index contributed by atoms with van der Waals surface area (Å²) in [6.45, 7) is 13.1. The maximum atomic E-state index is 13.6. The van der Waals surface area contributed by atoms with E-state index >= 15 is 0 Å². The van der Waals surface area contributed by atoms with Gasteiger partial charge in [-0.3, -0.25) is 29.1 Å². The van der Waals surface area contributed by atoms with Crippen LogP contribution in [0, 0.1) is 81.5 Å². The number of thiazole rings is 2. The summed E-state index contributed by atoms with van der Waals surface area (Å²) < 4.78 is 6.98. The number of hydrogen-bond acceptors (Lipinski definition) is 16. The molecule has 0 spiro atoms. The molecule has 9 atom stereocenters. The first-order valence-electron chi connectivity index (χ1n) is 31.9. The first-order valence-corrected chi connectivity index (χ1v) is 34.9. The number of halogens is 2. The summed E-state index contributed by atoms with van der Waals surface area (Å²) in [5.74, 6) is 0.515. The minimum Gasteiger partial charge on any atom is -0.396 e. The van der Waals surface area contributed by atoms with Crippen LogP contribution in [-0.2, 0) is 12.8 Å². The lowest BCUT2D eigenvalue weighted by molar-refractivity contribution is 0.0864. The summed E-state index contributed by atoms with van der Waals surface area (Å²) in [4.78, 5) is 56.1. The zero-order valence-corrected chi connectivity index (χ0v) is 57.0. The van der Waals surface area contributed by atoms with Crippen LogP contribution in [-0.4, -0.2) is 146 Å². The van der Waals surface area contributed by atoms with Crippen LogP contribution >= 0.6 is 50.2 Å². The summed E-state index contributed by atoms with van der Waals surface area (Å²) in [6.07, 6.45) is 9.14. The summed E-state index contributed by atoms with van der Waals surface area (Å²) in [7, 11) is 0. The van der Waals surface area contributed by atoms with Gasteiger partial charge in [0.2, 0.25) is 0 Å². The molecular formula is C72H75BrClN11O6S2. The highest BCUT2D eigenvalue weighted by atomic mass is 79.9. The van der Waals surface area contributed by atoms with Gasteiger partial charge in [-0.05, 0) is 200 Å². The number of nitrogens with zero attached hydrogens (tertiary/aromatic N) is 11. The molecule has 0 radical (unpaired) electrons. The fraction of sp³-hybridized carbons (Fsp3) is 0.417. The first-order chi connectivity index (χ1) is 44.8. The third-order valence-corrected chi connectivity index (χ3v) is 23.2. The van der Waals surface area contributed by atoms with Crippen molar-refractivity contribution in [1.29, 1.82) is 15.8 Å². The lowest BCUT2D eigenvalue weighted by Gasteiger charge is -2.22. The number of fused-ring (bicyclic) bond motifs is 6. The third-order valence-electron chi connectivity index (χ3n) is 20.3. The standard InChI is InChI=1S/C25H25BrN4O2S.C25H25ClN4O2S.C22H25N3O2/c2*1-14-24(23(32)12-29-19-7-8-20(29)22(31)10-19)25(26)21(9-17-13-33-15(2)28-17)30(14)18-5-3-16(11-27)4-6-18;1-14-9-20(15(2)25(14)18-5-3-16(11-23)4-6-18)22(27)12-24-19-7-8-21(24)17(10-19)13-26/h2*3-6,13,19-20,22,31H,7-10,12H2,1-2H3;3-6,9,17,19,21,26H,7-8,10,12-13H2,1-2H3/t2*19?,20?,22-;17-,19?,21?/m001/s1. The largest absolute Gasteiger partial charge is 0.396 e. The number of aryl methyl sites for hydroxylation is 3. The second kappa shape index (κ2) is 27.6. The lowest BCUT2D eigenvalue weighted by atomic mass is 9.90. The molecule has 6 saturated heterocycles. The van der Waals surface area contributed by atoms with Crippen LogP contribution in [0.4, 0.5) is 0 Å². The van der Waals surface area contributed by atoms with E-state index in [1.807, 2.05) is 94.0 Å². The van der Waals surface area contributed by atoms with Gasteiger partial charge in [-0.25, -0.2) is 9.97 Å². The van der Waals surface area contributed by atoms with E-state index in [1.54, 1.807) is 59.1 Å². The highest BCUT2D eigenvalue weighted by Crippen LogP contribution is 2.44. The van der Waals surface area contributed by atoms with Gasteiger partial charge in [0.05, 0.1) is 109 Å². The maximum Gasteiger partial charge on any atom is 0.180 e. The van der Waals surface area contributed by atoms with Crippen molar-refractivity contribution in [2.75, 3.05) is 26.2 Å². The van der Waals surface area contributed by atoms with E-state index in [1.165, 1.54) is 0 Å². The van der Waals surface area contributed by atoms with E-state index in [9.17, 15) is 40.2 Å². The van der Waals surface area contributed by atoms with Crippen LogP contribution in [0.5, 0.6) is 0 Å². The Morgan fingerprint density at radius 2 is 0.968 bits per heavy atom. The maximum absolute atomic E-state index is 13.6. The van der Waals surface area contributed by atoms with Crippen molar-refractivity contribution in [3.8, 4) is 35.3 Å². The molecule has 0 saturated carbocycles. The first kappa shape index (κ1) is 65.8. The van der Waals surface area contributed by atoms with Gasteiger partial charge in [0.1, 0.15) is 0 Å². The number of ketones is 3. The van der Waals surface area contributed by atoms with Gasteiger partial charge in [0, 0.05) is 123 Å². The van der Waals surface area contributed by atoms with E-state index in [-0.39, 0.29) is 60.8 Å². The van der Waals surface area contributed by atoms with Crippen LogP contribution in [0.25, 0.3) is 17.1 Å². The van der Waals surface area contributed by atoms with Gasteiger partial charge in [0.25, 0.3) is 0 Å². The molecule has 3 N–H and O–H groups in total. The van der Waals surface area contributed by atoms with Crippen LogP contribution in [0.1, 0.15) is 161 Å². The predicted molar refractivity (Wildman–Crippen MR) is 362 cm³/mol. The van der Waals surface area contributed by atoms with E-state index < -0.39 is 0 Å². The molecule has 6 unspecified atom stereocenters. The Morgan fingerprint density at radius 3 is 1.39 bits per heavy atom. The number of Topliss-reactive ketones (excluding diaryl/α,β-unsaturated/α-hetero) is 3. The van der Waals surface area contributed by atoms with Gasteiger partial charge in [-0.15, -0.1) is 22.7 Å². The van der Waals surface area contributed by atoms with E-state index in [2.05, 4.69) is 73.3 Å². The average Bonchev–Trinajstić information content (AvgIpc) is 1.65. The molecule has 6 aliphatic heterocycles. The molecule has 6 fully saturated rings. The Kier molecular flexibility index (Phi) is 19.5. The van der Waals surface area contributed by atoms with Gasteiger partial charge >= 0.3 is 0 Å². The fourth-order valence-corrected chi connectivity index (χ4v) is 18.4. The van der Waals surface area contributed by atoms with Gasteiger partial charge < -0.3 is 29.0 Å². The van der Waals surface area contributed by atoms with Crippen molar-refractivity contribution in [2.24, 2.45) is 5.92 Å². The van der Waals surface area contributed by atoms with Crippen LogP contribution in [0.15, 0.2) is 94.1 Å². The van der Waals surface area contributed by atoms with Gasteiger partial charge in [-0.2, -0.15) is 15.8 Å². The molecule has 0 amide bonds. The SMILES string of the molecule is Cc1cc(C(=O)CN2C3CCC2[C@@H](CO)C3)c(C)n1-c1ccc(C#N)cc1.Cc1nc(Cc2c(Br)c(C(=O)CN3C4CCC3[C@@H](O)C4)c(C)n2-c2ccc(C#N)cc2)cs1.Cc1nc(Cc2c(Cl)c(C(=O)CN3C4CCC3[C@@H](O)C4)c(C)n2-c2ccc(C#N)cc2)cs1. The van der Waals surface area contributed by atoms with E-state index in [0.29, 0.717) is 82.8 Å². The molecule has 480 valence electrons. The second-order valence-corrected chi connectivity index (χ2v) is 29.0. The molecule has 3 aromatic carbocycles. The molecule has 93 heavy (non-hydrogen) atoms. The normalized spacial score (nSPS) is 22.7. The molecule has 0 aliphatic carbocycles. The number of benzene rings is 3. The molecule has 6 bridgehead atoms. The van der Waals surface area contributed by atoms with Crippen molar-refractivity contribution in [3.63, 3.8) is 0 Å². The molecule has 21 heteroatoms. The summed E-state index contributed by atoms with van der Waals surface area (Å²) in [5.41, 5.74) is 13.8. The van der Waals surface area contributed by atoms with Crippen molar-refractivity contribution >= 4 is 67.6 Å². The molecule has 11 heterocycles. The van der Waals surface area contributed by atoms with Crippen molar-refractivity contribution in [1.82, 2.24) is 38.4 Å². The Bertz CT molecular complexity index is 4080. The van der Waals surface area contributed by atoms with Crippen LogP contribution in [0.3, 0.4) is 0 Å². The Morgan fingerprint density at radius 1 is 0.559 bits per heavy atom. The van der Waals surface area contributed by atoms with E-state index in [0.717, 1.165) is 140 Å². The second-order valence-electron chi connectivity index (χ2n) is 25.7. The number of aromatic nitrogens is 5. The van der Waals surface area contributed by atoms with Crippen molar-refractivity contribution in [3.05, 3.63) is 188 Å². The highest BCUT2D eigenvalue weighted by molar-refractivity contribution is 9.10. The number of nitriles is 3. The number of carbonyl (C=O) groups is 3. The topological polar surface area (TPSA) is 234 Å². The van der Waals surface area contributed by atoms with Crippen LogP contribution in [0.2, 0.25) is 5.02 Å².